The Kier molecular flexibility index (Phi) is 4.39. The van der Waals surface area contributed by atoms with Crippen LogP contribution in [-0.4, -0.2) is 37.1 Å². The second-order valence-electron chi connectivity index (χ2n) is 4.38. The molecule has 3 nitrogen and oxygen atoms in total. The lowest BCUT2D eigenvalue weighted by atomic mass is 9.92. The third-order valence-corrected chi connectivity index (χ3v) is 2.65. The molecule has 1 heterocycles. The molecule has 0 aromatic rings. The molecule has 1 fully saturated rings. The second-order valence-corrected chi connectivity index (χ2v) is 4.38. The van der Waals surface area contributed by atoms with Crippen LogP contribution in [0.2, 0.25) is 0 Å². The molecule has 1 saturated heterocycles. The Morgan fingerprint density at radius 3 is 2.43 bits per heavy atom. The highest BCUT2D eigenvalue weighted by Crippen LogP contribution is 2.20. The highest BCUT2D eigenvalue weighted by molar-refractivity contribution is 5.77. The molecular formula is C11H21NO2. The van der Waals surface area contributed by atoms with Crippen molar-refractivity contribution < 1.29 is 9.53 Å². The number of hydrogen-bond donors (Lipinski definition) is 0. The minimum absolute atomic E-state index is 0.144. The summed E-state index contributed by atoms with van der Waals surface area (Å²) in [5.41, 5.74) is 0. The standard InChI is InChI=1S/C11H21NO2/c1-4-14-8-11(13)12-6-9(2)5-10(3)7-12/h9-10H,4-8H2,1-3H3/t9-,10+. The van der Waals surface area contributed by atoms with Gasteiger partial charge in [-0.1, -0.05) is 13.8 Å². The Morgan fingerprint density at radius 2 is 1.93 bits per heavy atom. The van der Waals surface area contributed by atoms with Crippen LogP contribution < -0.4 is 0 Å². The smallest absolute Gasteiger partial charge is 0.248 e. The number of nitrogens with zero attached hydrogens (tertiary/aromatic N) is 1. The van der Waals surface area contributed by atoms with Gasteiger partial charge in [-0.3, -0.25) is 4.79 Å². The highest BCUT2D eigenvalue weighted by Gasteiger charge is 2.24. The van der Waals surface area contributed by atoms with Gasteiger partial charge in [-0.2, -0.15) is 0 Å². The first-order valence-corrected chi connectivity index (χ1v) is 5.49. The Labute approximate surface area is 86.4 Å². The van der Waals surface area contributed by atoms with Crippen molar-refractivity contribution in [1.29, 1.82) is 0 Å². The van der Waals surface area contributed by atoms with Crippen molar-refractivity contribution in [2.75, 3.05) is 26.3 Å². The molecule has 82 valence electrons. The quantitative estimate of drug-likeness (QED) is 0.690. The molecule has 1 rings (SSSR count). The van der Waals surface area contributed by atoms with E-state index in [2.05, 4.69) is 13.8 Å². The number of likely N-dealkylation sites (tertiary alicyclic amines) is 1. The van der Waals surface area contributed by atoms with Gasteiger partial charge in [0.15, 0.2) is 0 Å². The fraction of sp³-hybridized carbons (Fsp3) is 0.909. The minimum atomic E-state index is 0.144. The third-order valence-electron chi connectivity index (χ3n) is 2.65. The SMILES string of the molecule is CCOCC(=O)N1C[C@H](C)C[C@H](C)C1. The molecule has 0 aromatic carbocycles. The van der Waals surface area contributed by atoms with Crippen LogP contribution in [0, 0.1) is 11.8 Å². The van der Waals surface area contributed by atoms with E-state index in [1.807, 2.05) is 11.8 Å². The van der Waals surface area contributed by atoms with Gasteiger partial charge < -0.3 is 9.64 Å². The summed E-state index contributed by atoms with van der Waals surface area (Å²) < 4.78 is 5.13. The number of carbonyl (C=O) groups excluding carboxylic acids is 1. The zero-order valence-electron chi connectivity index (χ0n) is 9.45. The van der Waals surface area contributed by atoms with Gasteiger partial charge in [-0.05, 0) is 25.2 Å². The highest BCUT2D eigenvalue weighted by atomic mass is 16.5. The molecule has 2 atom stereocenters. The summed E-state index contributed by atoms with van der Waals surface area (Å²) >= 11 is 0. The summed E-state index contributed by atoms with van der Waals surface area (Å²) in [5.74, 6) is 1.40. The van der Waals surface area contributed by atoms with E-state index < -0.39 is 0 Å². The van der Waals surface area contributed by atoms with Crippen LogP contribution in [0.3, 0.4) is 0 Å². The van der Waals surface area contributed by atoms with Crippen LogP contribution >= 0.6 is 0 Å². The molecule has 1 aliphatic rings. The fourth-order valence-corrected chi connectivity index (χ4v) is 2.15. The molecular weight excluding hydrogens is 178 g/mol. The second kappa shape index (κ2) is 5.35. The number of rotatable bonds is 3. The van der Waals surface area contributed by atoms with Gasteiger partial charge in [0.05, 0.1) is 0 Å². The largest absolute Gasteiger partial charge is 0.372 e. The summed E-state index contributed by atoms with van der Waals surface area (Å²) in [6, 6.07) is 0. The van der Waals surface area contributed by atoms with E-state index >= 15 is 0 Å². The van der Waals surface area contributed by atoms with E-state index in [9.17, 15) is 4.79 Å². The normalized spacial score (nSPS) is 27.8. The van der Waals surface area contributed by atoms with Crippen molar-refractivity contribution in [1.82, 2.24) is 4.90 Å². The molecule has 14 heavy (non-hydrogen) atoms. The summed E-state index contributed by atoms with van der Waals surface area (Å²) in [5, 5.41) is 0. The topological polar surface area (TPSA) is 29.5 Å². The van der Waals surface area contributed by atoms with Crippen molar-refractivity contribution >= 4 is 5.91 Å². The van der Waals surface area contributed by atoms with Crippen molar-refractivity contribution in [3.8, 4) is 0 Å². The average Bonchev–Trinajstić information content (AvgIpc) is 2.12. The van der Waals surface area contributed by atoms with E-state index in [0.717, 1.165) is 13.1 Å². The zero-order chi connectivity index (χ0) is 10.6. The van der Waals surface area contributed by atoms with Crippen LogP contribution in [0.15, 0.2) is 0 Å². The van der Waals surface area contributed by atoms with Crippen LogP contribution in [0.1, 0.15) is 27.2 Å². The van der Waals surface area contributed by atoms with Crippen molar-refractivity contribution in [2.45, 2.75) is 27.2 Å². The van der Waals surface area contributed by atoms with Crippen LogP contribution in [-0.2, 0) is 9.53 Å². The molecule has 0 saturated carbocycles. The van der Waals surface area contributed by atoms with Crippen molar-refractivity contribution in [3.05, 3.63) is 0 Å². The Bertz CT molecular complexity index is 184. The Balaban J connectivity index is 2.38. The maximum absolute atomic E-state index is 11.6. The molecule has 0 unspecified atom stereocenters. The molecule has 1 aliphatic heterocycles. The number of carbonyl (C=O) groups is 1. The first-order valence-electron chi connectivity index (χ1n) is 5.49. The van der Waals surface area contributed by atoms with Gasteiger partial charge in [0, 0.05) is 19.7 Å². The maximum atomic E-state index is 11.6. The van der Waals surface area contributed by atoms with Gasteiger partial charge in [0.25, 0.3) is 0 Å². The lowest BCUT2D eigenvalue weighted by Gasteiger charge is -2.34. The predicted molar refractivity (Wildman–Crippen MR) is 56.0 cm³/mol. The number of piperidine rings is 1. The lowest BCUT2D eigenvalue weighted by Crippen LogP contribution is -2.44. The van der Waals surface area contributed by atoms with Gasteiger partial charge >= 0.3 is 0 Å². The predicted octanol–water partition coefficient (Wildman–Crippen LogP) is 1.53. The molecule has 1 amide bonds. The Morgan fingerprint density at radius 1 is 1.36 bits per heavy atom. The van der Waals surface area contributed by atoms with E-state index in [0.29, 0.717) is 18.4 Å². The van der Waals surface area contributed by atoms with Gasteiger partial charge in [0.2, 0.25) is 5.91 Å². The van der Waals surface area contributed by atoms with E-state index in [1.54, 1.807) is 0 Å². The maximum Gasteiger partial charge on any atom is 0.248 e. The molecule has 0 aromatic heterocycles. The van der Waals surface area contributed by atoms with Crippen molar-refractivity contribution in [2.24, 2.45) is 11.8 Å². The van der Waals surface area contributed by atoms with Gasteiger partial charge in [-0.15, -0.1) is 0 Å². The monoisotopic (exact) mass is 199 g/mol. The van der Waals surface area contributed by atoms with E-state index in [4.69, 9.17) is 4.74 Å². The molecule has 0 bridgehead atoms. The number of amides is 1. The van der Waals surface area contributed by atoms with Gasteiger partial charge in [0.1, 0.15) is 6.61 Å². The minimum Gasteiger partial charge on any atom is -0.372 e. The molecule has 3 heteroatoms. The fourth-order valence-electron chi connectivity index (χ4n) is 2.15. The molecule has 0 spiro atoms. The first kappa shape index (κ1) is 11.5. The number of hydrogen-bond acceptors (Lipinski definition) is 2. The summed E-state index contributed by atoms with van der Waals surface area (Å²) in [6.07, 6.45) is 1.23. The summed E-state index contributed by atoms with van der Waals surface area (Å²) in [4.78, 5) is 13.6. The molecule has 0 aliphatic carbocycles. The van der Waals surface area contributed by atoms with E-state index in [1.165, 1.54) is 6.42 Å². The third kappa shape index (κ3) is 3.29. The van der Waals surface area contributed by atoms with Crippen LogP contribution in [0.25, 0.3) is 0 Å². The molecule has 0 radical (unpaired) electrons. The molecule has 0 N–H and O–H groups in total. The first-order chi connectivity index (χ1) is 6.63. The zero-order valence-corrected chi connectivity index (χ0v) is 9.45. The summed E-state index contributed by atoms with van der Waals surface area (Å²) in [6.45, 7) is 8.98. The Hall–Kier alpha value is -0.570. The van der Waals surface area contributed by atoms with Crippen LogP contribution in [0.4, 0.5) is 0 Å². The van der Waals surface area contributed by atoms with Crippen LogP contribution in [0.5, 0.6) is 0 Å². The number of ether oxygens (including phenoxy) is 1. The van der Waals surface area contributed by atoms with E-state index in [-0.39, 0.29) is 12.5 Å². The van der Waals surface area contributed by atoms with Gasteiger partial charge in [-0.25, -0.2) is 0 Å². The average molecular weight is 199 g/mol. The summed E-state index contributed by atoms with van der Waals surface area (Å²) in [7, 11) is 0. The van der Waals surface area contributed by atoms with Crippen molar-refractivity contribution in [3.63, 3.8) is 0 Å². The lowest BCUT2D eigenvalue weighted by molar-refractivity contribution is -0.138.